The van der Waals surface area contributed by atoms with E-state index in [0.29, 0.717) is 0 Å². The van der Waals surface area contributed by atoms with Crippen molar-refractivity contribution in [1.82, 2.24) is 0 Å². The molecule has 7 nitrogen and oxygen atoms in total. The van der Waals surface area contributed by atoms with Crippen molar-refractivity contribution in [3.05, 3.63) is 52.3 Å². The molecule has 2 aromatic rings. The van der Waals surface area contributed by atoms with Crippen LogP contribution < -0.4 is 9.88 Å². The van der Waals surface area contributed by atoms with Gasteiger partial charge in [0, 0.05) is 17.7 Å². The van der Waals surface area contributed by atoms with Crippen molar-refractivity contribution in [1.29, 1.82) is 0 Å². The first-order valence-corrected chi connectivity index (χ1v) is 7.44. The lowest BCUT2D eigenvalue weighted by molar-refractivity contribution is -0.384. The number of halogens is 1. The summed E-state index contributed by atoms with van der Waals surface area (Å²) in [6.07, 6.45) is 0. The number of ether oxygens (including phenoxy) is 1. The van der Waals surface area contributed by atoms with E-state index in [1.54, 1.807) is 0 Å². The minimum atomic E-state index is -4.13. The van der Waals surface area contributed by atoms with Crippen LogP contribution in [0.15, 0.2) is 41.3 Å². The summed E-state index contributed by atoms with van der Waals surface area (Å²) >= 11 is 0. The first-order chi connectivity index (χ1) is 10.2. The lowest BCUT2D eigenvalue weighted by Crippen LogP contribution is -2.13. The summed E-state index contributed by atoms with van der Waals surface area (Å²) in [7, 11) is -2.85. The van der Waals surface area contributed by atoms with Gasteiger partial charge in [0.15, 0.2) is 11.6 Å². The van der Waals surface area contributed by atoms with Crippen LogP contribution in [0.2, 0.25) is 0 Å². The molecule has 0 spiro atoms. The Balaban J connectivity index is 2.73. The average Bonchev–Trinajstić information content (AvgIpc) is 2.45. The van der Waals surface area contributed by atoms with Crippen LogP contribution in [0.3, 0.4) is 0 Å². The highest BCUT2D eigenvalue weighted by Crippen LogP contribution is 2.32. The number of primary sulfonamides is 1. The van der Waals surface area contributed by atoms with Gasteiger partial charge in [-0.15, -0.1) is 0 Å². The molecular formula is C13H11FN2O5S. The summed E-state index contributed by atoms with van der Waals surface area (Å²) in [6, 6.07) is 6.76. The van der Waals surface area contributed by atoms with E-state index in [4.69, 9.17) is 9.88 Å². The van der Waals surface area contributed by atoms with Gasteiger partial charge in [-0.1, -0.05) is 6.07 Å². The van der Waals surface area contributed by atoms with Gasteiger partial charge in [0.25, 0.3) is 5.69 Å². The minimum Gasteiger partial charge on any atom is -0.494 e. The van der Waals surface area contributed by atoms with Crippen LogP contribution in [0.1, 0.15) is 0 Å². The first kappa shape index (κ1) is 15.9. The molecule has 0 aliphatic heterocycles. The molecule has 0 aromatic heterocycles. The van der Waals surface area contributed by atoms with Crippen molar-refractivity contribution in [2.24, 2.45) is 5.14 Å². The van der Waals surface area contributed by atoms with Gasteiger partial charge in [-0.2, -0.15) is 0 Å². The van der Waals surface area contributed by atoms with E-state index < -0.39 is 20.8 Å². The third kappa shape index (κ3) is 3.05. The maximum atomic E-state index is 13.8. The molecule has 0 aliphatic carbocycles. The predicted octanol–water partition coefficient (Wildman–Crippen LogP) is 2.06. The van der Waals surface area contributed by atoms with Gasteiger partial charge >= 0.3 is 0 Å². The van der Waals surface area contributed by atoms with Gasteiger partial charge < -0.3 is 4.74 Å². The van der Waals surface area contributed by atoms with Gasteiger partial charge in [0.1, 0.15) is 0 Å². The van der Waals surface area contributed by atoms with Crippen molar-refractivity contribution < 1.29 is 22.5 Å². The molecule has 9 heteroatoms. The molecule has 22 heavy (non-hydrogen) atoms. The number of nitrogens with two attached hydrogens (primary N) is 1. The van der Waals surface area contributed by atoms with Crippen LogP contribution in [0.4, 0.5) is 10.1 Å². The molecule has 116 valence electrons. The zero-order valence-corrected chi connectivity index (χ0v) is 12.1. The number of nitro benzene ring substituents is 1. The second-order valence-corrected chi connectivity index (χ2v) is 5.86. The maximum Gasteiger partial charge on any atom is 0.270 e. The molecular weight excluding hydrogens is 315 g/mol. The Kier molecular flexibility index (Phi) is 4.11. The van der Waals surface area contributed by atoms with Crippen molar-refractivity contribution in [3.8, 4) is 16.9 Å². The Labute approximate surface area is 125 Å². The van der Waals surface area contributed by atoms with E-state index in [1.165, 1.54) is 19.2 Å². The van der Waals surface area contributed by atoms with Gasteiger partial charge in [0.2, 0.25) is 10.0 Å². The number of nitrogens with zero attached hydrogens (tertiary/aromatic N) is 1. The fourth-order valence-electron chi connectivity index (χ4n) is 1.94. The number of nitro groups is 1. The van der Waals surface area contributed by atoms with Crippen LogP contribution in [0, 0.1) is 15.9 Å². The fourth-order valence-corrected chi connectivity index (χ4v) is 2.68. The highest BCUT2D eigenvalue weighted by atomic mass is 32.2. The number of hydrogen-bond acceptors (Lipinski definition) is 5. The van der Waals surface area contributed by atoms with E-state index in [1.807, 2.05) is 0 Å². The predicted molar refractivity (Wildman–Crippen MR) is 76.4 cm³/mol. The van der Waals surface area contributed by atoms with Gasteiger partial charge in [-0.3, -0.25) is 10.1 Å². The summed E-state index contributed by atoms with van der Waals surface area (Å²) in [5, 5.41) is 15.9. The summed E-state index contributed by atoms with van der Waals surface area (Å²) in [5.74, 6) is -0.766. The van der Waals surface area contributed by atoms with E-state index in [-0.39, 0.29) is 27.5 Å². The lowest BCUT2D eigenvalue weighted by atomic mass is 10.0. The smallest absolute Gasteiger partial charge is 0.270 e. The standard InChI is InChI=1S/C13H11FN2O5S/c1-21-12-4-2-8(6-11(12)14)10-7-9(16(17)18)3-5-13(10)22(15,19)20/h2-7H,1H3,(H2,15,19,20). The Morgan fingerprint density at radius 3 is 2.41 bits per heavy atom. The van der Waals surface area contributed by atoms with Crippen LogP contribution in [0.25, 0.3) is 11.1 Å². The highest BCUT2D eigenvalue weighted by Gasteiger charge is 2.20. The molecule has 0 amide bonds. The third-order valence-corrected chi connectivity index (χ3v) is 3.91. The number of hydrogen-bond donors (Lipinski definition) is 1. The Morgan fingerprint density at radius 1 is 1.23 bits per heavy atom. The summed E-state index contributed by atoms with van der Waals surface area (Å²) < 4.78 is 41.8. The van der Waals surface area contributed by atoms with Crippen LogP contribution >= 0.6 is 0 Å². The van der Waals surface area contributed by atoms with Crippen molar-refractivity contribution in [2.45, 2.75) is 4.90 Å². The molecule has 0 heterocycles. The third-order valence-electron chi connectivity index (χ3n) is 2.94. The number of sulfonamides is 1. The molecule has 0 aliphatic rings. The number of non-ortho nitro benzene ring substituents is 1. The van der Waals surface area contributed by atoms with Crippen LogP contribution in [0.5, 0.6) is 5.75 Å². The number of methoxy groups -OCH3 is 1. The molecule has 2 N–H and O–H groups in total. The quantitative estimate of drug-likeness (QED) is 0.682. The van der Waals surface area contributed by atoms with Gasteiger partial charge in [-0.25, -0.2) is 17.9 Å². The SMILES string of the molecule is COc1ccc(-c2cc([N+](=O)[O-])ccc2S(N)(=O)=O)cc1F. The van der Waals surface area contributed by atoms with E-state index >= 15 is 0 Å². The van der Waals surface area contributed by atoms with Gasteiger partial charge in [0.05, 0.1) is 16.9 Å². The minimum absolute atomic E-state index is 0.0358. The van der Waals surface area contributed by atoms with Crippen LogP contribution in [-0.4, -0.2) is 20.5 Å². The van der Waals surface area contributed by atoms with E-state index in [0.717, 1.165) is 24.3 Å². The molecule has 2 aromatic carbocycles. The van der Waals surface area contributed by atoms with Crippen molar-refractivity contribution in [2.75, 3.05) is 7.11 Å². The number of benzene rings is 2. The van der Waals surface area contributed by atoms with Crippen molar-refractivity contribution >= 4 is 15.7 Å². The molecule has 0 fully saturated rings. The van der Waals surface area contributed by atoms with E-state index in [9.17, 15) is 22.9 Å². The molecule has 0 unspecified atom stereocenters. The number of rotatable bonds is 4. The average molecular weight is 326 g/mol. The molecule has 0 saturated carbocycles. The highest BCUT2D eigenvalue weighted by molar-refractivity contribution is 7.89. The fraction of sp³-hybridized carbons (Fsp3) is 0.0769. The second-order valence-electron chi connectivity index (χ2n) is 4.33. The summed E-state index contributed by atoms with van der Waals surface area (Å²) in [5.41, 5.74) is -0.261. The molecule has 2 rings (SSSR count). The molecule has 0 saturated heterocycles. The second kappa shape index (κ2) is 5.70. The van der Waals surface area contributed by atoms with Crippen LogP contribution in [-0.2, 0) is 10.0 Å². The normalized spacial score (nSPS) is 11.2. The molecule has 0 atom stereocenters. The lowest BCUT2D eigenvalue weighted by Gasteiger charge is -2.09. The molecule has 0 radical (unpaired) electrons. The Morgan fingerprint density at radius 2 is 1.91 bits per heavy atom. The molecule has 0 bridgehead atoms. The summed E-state index contributed by atoms with van der Waals surface area (Å²) in [6.45, 7) is 0. The zero-order valence-electron chi connectivity index (χ0n) is 11.3. The monoisotopic (exact) mass is 326 g/mol. The largest absolute Gasteiger partial charge is 0.494 e. The summed E-state index contributed by atoms with van der Waals surface area (Å²) in [4.78, 5) is 9.83. The topological polar surface area (TPSA) is 113 Å². The van der Waals surface area contributed by atoms with Gasteiger partial charge in [-0.05, 0) is 23.8 Å². The Hall–Kier alpha value is -2.52. The van der Waals surface area contributed by atoms with E-state index in [2.05, 4.69) is 0 Å². The first-order valence-electron chi connectivity index (χ1n) is 5.89. The van der Waals surface area contributed by atoms with Crippen molar-refractivity contribution in [3.63, 3.8) is 0 Å². The Bertz CT molecular complexity index is 852. The zero-order chi connectivity index (χ0) is 16.5. The maximum absolute atomic E-state index is 13.8.